The molecule has 16 heavy (non-hydrogen) atoms. The maximum atomic E-state index is 5.67. The third-order valence-corrected chi connectivity index (χ3v) is 2.34. The van der Waals surface area contributed by atoms with E-state index in [4.69, 9.17) is 4.74 Å². The summed E-state index contributed by atoms with van der Waals surface area (Å²) in [6.07, 6.45) is 4.14. The number of aryl methyl sites for hydroxylation is 1. The van der Waals surface area contributed by atoms with Crippen molar-refractivity contribution in [1.29, 1.82) is 0 Å². The number of allylic oxidation sites excluding steroid dienone is 1. The van der Waals surface area contributed by atoms with Gasteiger partial charge in [0.1, 0.15) is 12.4 Å². The van der Waals surface area contributed by atoms with Crippen molar-refractivity contribution < 1.29 is 4.74 Å². The predicted molar refractivity (Wildman–Crippen MR) is 69.0 cm³/mol. The van der Waals surface area contributed by atoms with Gasteiger partial charge in [-0.3, -0.25) is 0 Å². The second-order valence-electron chi connectivity index (χ2n) is 4.00. The predicted octanol–water partition coefficient (Wildman–Crippen LogP) is 2.93. The average molecular weight is 219 g/mol. The van der Waals surface area contributed by atoms with Crippen LogP contribution in [0, 0.1) is 6.92 Å². The van der Waals surface area contributed by atoms with E-state index in [0.717, 1.165) is 12.3 Å². The zero-order valence-electron chi connectivity index (χ0n) is 10.4. The Bertz CT molecular complexity index is 316. The van der Waals surface area contributed by atoms with Gasteiger partial charge in [-0.1, -0.05) is 29.8 Å². The first-order chi connectivity index (χ1) is 7.72. The molecule has 0 aliphatic carbocycles. The molecule has 88 valence electrons. The van der Waals surface area contributed by atoms with Crippen LogP contribution in [0.2, 0.25) is 0 Å². The summed E-state index contributed by atoms with van der Waals surface area (Å²) >= 11 is 0. The minimum Gasteiger partial charge on any atom is -0.492 e. The summed E-state index contributed by atoms with van der Waals surface area (Å²) < 4.78 is 5.67. The highest BCUT2D eigenvalue weighted by Gasteiger charge is 2.00. The Morgan fingerprint density at radius 2 is 2.00 bits per heavy atom. The molecule has 1 N–H and O–H groups in total. The number of benzene rings is 1. The van der Waals surface area contributed by atoms with Gasteiger partial charge >= 0.3 is 0 Å². The highest BCUT2D eigenvalue weighted by atomic mass is 16.5. The Kier molecular flexibility index (Phi) is 5.65. The summed E-state index contributed by atoms with van der Waals surface area (Å²) in [6, 6.07) is 8.50. The minimum absolute atomic E-state index is 0.359. The van der Waals surface area contributed by atoms with E-state index in [1.54, 1.807) is 0 Å². The summed E-state index contributed by atoms with van der Waals surface area (Å²) in [4.78, 5) is 0. The van der Waals surface area contributed by atoms with Crippen LogP contribution in [0.25, 0.3) is 0 Å². The van der Waals surface area contributed by atoms with Gasteiger partial charge in [0.05, 0.1) is 0 Å². The quantitative estimate of drug-likeness (QED) is 0.743. The van der Waals surface area contributed by atoms with Crippen LogP contribution in [-0.4, -0.2) is 19.2 Å². The molecule has 0 saturated carbocycles. The zero-order chi connectivity index (χ0) is 11.8. The van der Waals surface area contributed by atoms with E-state index >= 15 is 0 Å². The summed E-state index contributed by atoms with van der Waals surface area (Å²) in [6.45, 7) is 7.81. The molecule has 0 saturated heterocycles. The van der Waals surface area contributed by atoms with Crippen molar-refractivity contribution in [2.45, 2.75) is 26.8 Å². The van der Waals surface area contributed by atoms with E-state index in [1.807, 2.05) is 25.1 Å². The lowest BCUT2D eigenvalue weighted by Crippen LogP contribution is -2.31. The number of rotatable bonds is 6. The maximum Gasteiger partial charge on any atom is 0.119 e. The van der Waals surface area contributed by atoms with E-state index in [-0.39, 0.29) is 0 Å². The van der Waals surface area contributed by atoms with Gasteiger partial charge in [0.15, 0.2) is 0 Å². The largest absolute Gasteiger partial charge is 0.492 e. The Labute approximate surface area is 98.3 Å². The van der Waals surface area contributed by atoms with Gasteiger partial charge in [0.25, 0.3) is 0 Å². The first-order valence-corrected chi connectivity index (χ1v) is 5.76. The summed E-state index contributed by atoms with van der Waals surface area (Å²) in [5.41, 5.74) is 1.26. The van der Waals surface area contributed by atoms with Gasteiger partial charge in [-0.2, -0.15) is 0 Å². The molecule has 0 aliphatic rings. The van der Waals surface area contributed by atoms with Crippen LogP contribution in [0.4, 0.5) is 0 Å². The third-order valence-electron chi connectivity index (χ3n) is 2.34. The van der Waals surface area contributed by atoms with E-state index < -0.39 is 0 Å². The molecule has 1 atom stereocenters. The summed E-state index contributed by atoms with van der Waals surface area (Å²) in [7, 11) is 0. The molecular weight excluding hydrogens is 198 g/mol. The minimum atomic E-state index is 0.359. The van der Waals surface area contributed by atoms with Crippen LogP contribution in [0.5, 0.6) is 5.75 Å². The van der Waals surface area contributed by atoms with Gasteiger partial charge in [0, 0.05) is 12.6 Å². The van der Waals surface area contributed by atoms with Gasteiger partial charge < -0.3 is 10.1 Å². The molecule has 1 aromatic carbocycles. The molecule has 0 fully saturated rings. The van der Waals surface area contributed by atoms with Gasteiger partial charge in [-0.25, -0.2) is 0 Å². The van der Waals surface area contributed by atoms with E-state index in [2.05, 4.69) is 37.4 Å². The lowest BCUT2D eigenvalue weighted by atomic mass is 10.2. The van der Waals surface area contributed by atoms with Crippen molar-refractivity contribution in [3.05, 3.63) is 42.0 Å². The lowest BCUT2D eigenvalue weighted by Gasteiger charge is -2.13. The van der Waals surface area contributed by atoms with E-state index in [9.17, 15) is 0 Å². The Morgan fingerprint density at radius 1 is 1.31 bits per heavy atom. The average Bonchev–Trinajstić information content (AvgIpc) is 2.29. The third kappa shape index (κ3) is 4.99. The van der Waals surface area contributed by atoms with Crippen LogP contribution in [-0.2, 0) is 0 Å². The molecule has 0 aliphatic heterocycles. The standard InChI is InChI=1S/C14H21NO/c1-4-5-10-15-13(3)11-16-14-8-6-12(2)7-9-14/h4-9,13,15H,10-11H2,1-3H3/b5-4+. The smallest absolute Gasteiger partial charge is 0.119 e. The Hall–Kier alpha value is -1.28. The molecule has 1 aromatic rings. The van der Waals surface area contributed by atoms with Crippen molar-refractivity contribution in [3.8, 4) is 5.75 Å². The van der Waals surface area contributed by atoms with Crippen LogP contribution >= 0.6 is 0 Å². The molecule has 0 aromatic heterocycles. The van der Waals surface area contributed by atoms with E-state index in [0.29, 0.717) is 12.6 Å². The topological polar surface area (TPSA) is 21.3 Å². The molecule has 0 spiro atoms. The van der Waals surface area contributed by atoms with Gasteiger partial charge in [-0.15, -0.1) is 0 Å². The molecule has 0 heterocycles. The fourth-order valence-electron chi connectivity index (χ4n) is 1.30. The Morgan fingerprint density at radius 3 is 2.62 bits per heavy atom. The number of ether oxygens (including phenoxy) is 1. The SMILES string of the molecule is C/C=C/CNC(C)COc1ccc(C)cc1. The van der Waals surface area contributed by atoms with Crippen LogP contribution < -0.4 is 10.1 Å². The molecule has 1 rings (SSSR count). The second kappa shape index (κ2) is 7.07. The molecule has 0 bridgehead atoms. The highest BCUT2D eigenvalue weighted by Crippen LogP contribution is 2.11. The van der Waals surface area contributed by atoms with Crippen molar-refractivity contribution in [3.63, 3.8) is 0 Å². The molecule has 1 unspecified atom stereocenters. The van der Waals surface area contributed by atoms with Crippen LogP contribution in [0.1, 0.15) is 19.4 Å². The summed E-state index contributed by atoms with van der Waals surface area (Å²) in [5, 5.41) is 3.35. The summed E-state index contributed by atoms with van der Waals surface area (Å²) in [5.74, 6) is 0.935. The monoisotopic (exact) mass is 219 g/mol. The molecule has 0 radical (unpaired) electrons. The van der Waals surface area contributed by atoms with E-state index in [1.165, 1.54) is 5.56 Å². The van der Waals surface area contributed by atoms with Gasteiger partial charge in [-0.05, 0) is 32.9 Å². The van der Waals surface area contributed by atoms with Gasteiger partial charge in [0.2, 0.25) is 0 Å². The maximum absolute atomic E-state index is 5.67. The van der Waals surface area contributed by atoms with Crippen LogP contribution in [0.3, 0.4) is 0 Å². The fraction of sp³-hybridized carbons (Fsp3) is 0.429. The van der Waals surface area contributed by atoms with Crippen molar-refractivity contribution in [2.75, 3.05) is 13.2 Å². The van der Waals surface area contributed by atoms with Crippen LogP contribution in [0.15, 0.2) is 36.4 Å². The highest BCUT2D eigenvalue weighted by molar-refractivity contribution is 5.26. The number of hydrogen-bond acceptors (Lipinski definition) is 2. The molecule has 2 nitrogen and oxygen atoms in total. The molecule has 0 amide bonds. The first kappa shape index (κ1) is 12.8. The fourth-order valence-corrected chi connectivity index (χ4v) is 1.30. The molecule has 2 heteroatoms. The normalized spacial score (nSPS) is 12.9. The lowest BCUT2D eigenvalue weighted by molar-refractivity contribution is 0.277. The van der Waals surface area contributed by atoms with Crippen molar-refractivity contribution >= 4 is 0 Å². The molecular formula is C14H21NO. The number of nitrogens with one attached hydrogen (secondary N) is 1. The number of hydrogen-bond donors (Lipinski definition) is 1. The van der Waals surface area contributed by atoms with Crippen molar-refractivity contribution in [2.24, 2.45) is 0 Å². The van der Waals surface area contributed by atoms with Crippen molar-refractivity contribution in [1.82, 2.24) is 5.32 Å². The first-order valence-electron chi connectivity index (χ1n) is 5.76. The Balaban J connectivity index is 2.25. The second-order valence-corrected chi connectivity index (χ2v) is 4.00. The zero-order valence-corrected chi connectivity index (χ0v) is 10.4.